The van der Waals surface area contributed by atoms with Crippen molar-refractivity contribution in [3.63, 3.8) is 0 Å². The first-order chi connectivity index (χ1) is 15.1. The van der Waals surface area contributed by atoms with Gasteiger partial charge >= 0.3 is 0 Å². The first-order valence-electron chi connectivity index (χ1n) is 10.2. The summed E-state index contributed by atoms with van der Waals surface area (Å²) in [6.45, 7) is 4.84. The van der Waals surface area contributed by atoms with Crippen molar-refractivity contribution in [2.24, 2.45) is 0 Å². The van der Waals surface area contributed by atoms with Gasteiger partial charge in [-0.05, 0) is 36.2 Å². The third kappa shape index (κ3) is 5.14. The van der Waals surface area contributed by atoms with Gasteiger partial charge in [0.15, 0.2) is 16.8 Å². The Labute approximate surface area is 185 Å². The van der Waals surface area contributed by atoms with E-state index in [1.165, 1.54) is 5.56 Å². The SMILES string of the molecule is COc1ccc(-c2nnc(SCc3noc(C(C)C)n3)n2CCc2ccccc2)cc1. The van der Waals surface area contributed by atoms with Gasteiger partial charge in [-0.15, -0.1) is 10.2 Å². The molecule has 0 N–H and O–H groups in total. The van der Waals surface area contributed by atoms with Gasteiger partial charge in [-0.3, -0.25) is 0 Å². The van der Waals surface area contributed by atoms with Crippen LogP contribution in [0, 0.1) is 0 Å². The molecule has 31 heavy (non-hydrogen) atoms. The van der Waals surface area contributed by atoms with E-state index < -0.39 is 0 Å². The van der Waals surface area contributed by atoms with Gasteiger partial charge in [-0.1, -0.05) is 61.1 Å². The highest BCUT2D eigenvalue weighted by Crippen LogP contribution is 2.28. The van der Waals surface area contributed by atoms with Crippen molar-refractivity contribution in [2.75, 3.05) is 7.11 Å². The number of rotatable bonds is 9. The largest absolute Gasteiger partial charge is 0.497 e. The van der Waals surface area contributed by atoms with Crippen molar-refractivity contribution in [1.82, 2.24) is 24.9 Å². The zero-order valence-corrected chi connectivity index (χ0v) is 18.7. The van der Waals surface area contributed by atoms with E-state index in [0.717, 1.165) is 35.3 Å². The normalized spacial score (nSPS) is 11.2. The van der Waals surface area contributed by atoms with E-state index >= 15 is 0 Å². The quantitative estimate of drug-likeness (QED) is 0.343. The van der Waals surface area contributed by atoms with Crippen LogP contribution in [0.1, 0.15) is 37.0 Å². The van der Waals surface area contributed by atoms with Gasteiger partial charge in [0.25, 0.3) is 0 Å². The highest BCUT2D eigenvalue weighted by Gasteiger charge is 2.17. The van der Waals surface area contributed by atoms with Crippen LogP contribution >= 0.6 is 11.8 Å². The van der Waals surface area contributed by atoms with Crippen molar-refractivity contribution in [2.45, 2.75) is 43.6 Å². The minimum Gasteiger partial charge on any atom is -0.497 e. The summed E-state index contributed by atoms with van der Waals surface area (Å²) < 4.78 is 12.8. The molecule has 0 aliphatic rings. The van der Waals surface area contributed by atoms with Crippen LogP contribution in [0.25, 0.3) is 11.4 Å². The second-order valence-electron chi connectivity index (χ2n) is 7.41. The van der Waals surface area contributed by atoms with Crippen LogP contribution in [0.2, 0.25) is 0 Å². The lowest BCUT2D eigenvalue weighted by Gasteiger charge is -2.10. The smallest absolute Gasteiger partial charge is 0.229 e. The zero-order valence-electron chi connectivity index (χ0n) is 17.9. The standard InChI is InChI=1S/C23H25N5O2S/c1-16(2)22-24-20(27-30-22)15-31-23-26-25-21(18-9-11-19(29-3)12-10-18)28(23)14-13-17-7-5-4-6-8-17/h4-12,16H,13-15H2,1-3H3. The molecule has 0 aliphatic carbocycles. The van der Waals surface area contributed by atoms with Crippen molar-refractivity contribution in [3.05, 3.63) is 71.9 Å². The number of benzene rings is 2. The molecule has 0 atom stereocenters. The Hall–Kier alpha value is -3.13. The molecule has 160 valence electrons. The number of nitrogens with zero attached hydrogens (tertiary/aromatic N) is 5. The van der Waals surface area contributed by atoms with Gasteiger partial charge in [-0.2, -0.15) is 4.98 Å². The predicted octanol–water partition coefficient (Wildman–Crippen LogP) is 5.00. The van der Waals surface area contributed by atoms with Crippen molar-refractivity contribution >= 4 is 11.8 Å². The molecule has 7 nitrogen and oxygen atoms in total. The fraction of sp³-hybridized carbons (Fsp3) is 0.304. The van der Waals surface area contributed by atoms with Crippen LogP contribution in [0.5, 0.6) is 5.75 Å². The van der Waals surface area contributed by atoms with Crippen LogP contribution in [-0.4, -0.2) is 32.0 Å². The van der Waals surface area contributed by atoms with Gasteiger partial charge in [0.1, 0.15) is 5.75 Å². The fourth-order valence-corrected chi connectivity index (χ4v) is 3.93. The van der Waals surface area contributed by atoms with E-state index in [0.29, 0.717) is 17.5 Å². The van der Waals surface area contributed by atoms with E-state index in [4.69, 9.17) is 9.26 Å². The lowest BCUT2D eigenvalue weighted by molar-refractivity contribution is 0.362. The molecular weight excluding hydrogens is 410 g/mol. The summed E-state index contributed by atoms with van der Waals surface area (Å²) in [6.07, 6.45) is 0.884. The Balaban J connectivity index is 1.57. The Morgan fingerprint density at radius 1 is 1.03 bits per heavy atom. The Morgan fingerprint density at radius 3 is 2.48 bits per heavy atom. The molecule has 2 aromatic carbocycles. The summed E-state index contributed by atoms with van der Waals surface area (Å²) in [4.78, 5) is 4.46. The molecule has 4 aromatic rings. The van der Waals surface area contributed by atoms with Gasteiger partial charge in [0.2, 0.25) is 5.89 Å². The van der Waals surface area contributed by atoms with Gasteiger partial charge in [0, 0.05) is 18.0 Å². The molecule has 0 saturated carbocycles. The number of hydrogen-bond donors (Lipinski definition) is 0. The van der Waals surface area contributed by atoms with E-state index in [1.54, 1.807) is 18.9 Å². The monoisotopic (exact) mass is 435 g/mol. The molecule has 8 heteroatoms. The maximum absolute atomic E-state index is 5.32. The van der Waals surface area contributed by atoms with Gasteiger partial charge in [0.05, 0.1) is 12.9 Å². The molecular formula is C23H25N5O2S. The topological polar surface area (TPSA) is 78.9 Å². The van der Waals surface area contributed by atoms with Gasteiger partial charge < -0.3 is 13.8 Å². The number of aryl methyl sites for hydroxylation is 1. The molecule has 0 amide bonds. The summed E-state index contributed by atoms with van der Waals surface area (Å²) in [6, 6.07) is 18.3. The minimum absolute atomic E-state index is 0.211. The average Bonchev–Trinajstić information content (AvgIpc) is 3.44. The Bertz CT molecular complexity index is 1110. The molecule has 0 saturated heterocycles. The lowest BCUT2D eigenvalue weighted by atomic mass is 10.1. The summed E-state index contributed by atoms with van der Waals surface area (Å²) in [7, 11) is 1.66. The summed E-state index contributed by atoms with van der Waals surface area (Å²) in [5.41, 5.74) is 2.27. The molecule has 0 spiro atoms. The second-order valence-corrected chi connectivity index (χ2v) is 8.36. The molecule has 2 heterocycles. The van der Waals surface area contributed by atoms with Crippen molar-refractivity contribution < 1.29 is 9.26 Å². The highest BCUT2D eigenvalue weighted by molar-refractivity contribution is 7.98. The zero-order chi connectivity index (χ0) is 21.6. The molecule has 0 bridgehead atoms. The van der Waals surface area contributed by atoms with Crippen molar-refractivity contribution in [1.29, 1.82) is 0 Å². The molecule has 0 radical (unpaired) electrons. The number of hydrogen-bond acceptors (Lipinski definition) is 7. The van der Waals surface area contributed by atoms with Crippen LogP contribution in [0.15, 0.2) is 64.3 Å². The molecule has 0 fully saturated rings. The molecule has 4 rings (SSSR count). The third-order valence-corrected chi connectivity index (χ3v) is 5.80. The second kappa shape index (κ2) is 9.78. The van der Waals surface area contributed by atoms with E-state index in [9.17, 15) is 0 Å². The Kier molecular flexibility index (Phi) is 6.66. The maximum atomic E-state index is 5.32. The molecule has 0 aliphatic heterocycles. The van der Waals surface area contributed by atoms with Gasteiger partial charge in [-0.25, -0.2) is 0 Å². The fourth-order valence-electron chi connectivity index (χ4n) is 3.13. The van der Waals surface area contributed by atoms with Crippen LogP contribution in [0.3, 0.4) is 0 Å². The lowest BCUT2D eigenvalue weighted by Crippen LogP contribution is -2.05. The van der Waals surface area contributed by atoms with Crippen LogP contribution < -0.4 is 4.74 Å². The first-order valence-corrected chi connectivity index (χ1v) is 11.2. The van der Waals surface area contributed by atoms with Crippen LogP contribution in [-0.2, 0) is 18.7 Å². The molecule has 0 unspecified atom stereocenters. The summed E-state index contributed by atoms with van der Waals surface area (Å²) in [5, 5.41) is 13.9. The average molecular weight is 436 g/mol. The molecule has 2 aromatic heterocycles. The first kappa shape index (κ1) is 21.1. The van der Waals surface area contributed by atoms with E-state index in [2.05, 4.69) is 49.2 Å². The van der Waals surface area contributed by atoms with Crippen LogP contribution in [0.4, 0.5) is 0 Å². The van der Waals surface area contributed by atoms with E-state index in [1.807, 2.05) is 44.2 Å². The summed E-state index contributed by atoms with van der Waals surface area (Å²) in [5.74, 6) is 3.74. The number of thioether (sulfide) groups is 1. The van der Waals surface area contributed by atoms with E-state index in [-0.39, 0.29) is 5.92 Å². The Morgan fingerprint density at radius 2 is 1.81 bits per heavy atom. The number of ether oxygens (including phenoxy) is 1. The number of methoxy groups -OCH3 is 1. The maximum Gasteiger partial charge on any atom is 0.229 e. The number of aromatic nitrogens is 5. The summed E-state index contributed by atoms with van der Waals surface area (Å²) >= 11 is 1.56. The van der Waals surface area contributed by atoms with Crippen molar-refractivity contribution in [3.8, 4) is 17.1 Å². The third-order valence-electron chi connectivity index (χ3n) is 4.84. The predicted molar refractivity (Wildman–Crippen MR) is 120 cm³/mol. The minimum atomic E-state index is 0.211. The highest BCUT2D eigenvalue weighted by atomic mass is 32.2.